The first-order chi connectivity index (χ1) is 15.9. The van der Waals surface area contributed by atoms with Crippen molar-refractivity contribution >= 4 is 23.4 Å². The highest BCUT2D eigenvalue weighted by Gasteiger charge is 2.41. The minimum absolute atomic E-state index is 0.185. The molecule has 0 radical (unpaired) electrons. The molecule has 0 aliphatic carbocycles. The number of hydrogen-bond donors (Lipinski definition) is 1. The zero-order valence-corrected chi connectivity index (χ0v) is 18.4. The van der Waals surface area contributed by atoms with Gasteiger partial charge in [0, 0.05) is 74.9 Å². The Labute approximate surface area is 190 Å². The fourth-order valence-electron chi connectivity index (χ4n) is 4.84. The Bertz CT molecular complexity index is 1130. The lowest BCUT2D eigenvalue weighted by atomic mass is 10.0. The zero-order valence-electron chi connectivity index (χ0n) is 18.4. The molecule has 3 aliphatic heterocycles. The van der Waals surface area contributed by atoms with Gasteiger partial charge in [0.2, 0.25) is 11.8 Å². The van der Waals surface area contributed by atoms with Gasteiger partial charge in [0.15, 0.2) is 0 Å². The molecule has 4 heterocycles. The summed E-state index contributed by atoms with van der Waals surface area (Å²) in [4.78, 5) is 51.4. The summed E-state index contributed by atoms with van der Waals surface area (Å²) in [6.07, 6.45) is 3.84. The molecule has 0 bridgehead atoms. The van der Waals surface area contributed by atoms with Crippen molar-refractivity contribution in [3.63, 3.8) is 0 Å². The maximum absolute atomic E-state index is 14.5. The Morgan fingerprint density at radius 3 is 2.58 bits per heavy atom. The highest BCUT2D eigenvalue weighted by Crippen LogP contribution is 2.35. The SMILES string of the molecule is Cc1nccnc1CN1CCN(c2cc(F)cc3c2CN(C2CCC(=O)NC2=O)C3=O)CC1. The van der Waals surface area contributed by atoms with Crippen molar-refractivity contribution in [3.05, 3.63) is 52.9 Å². The van der Waals surface area contributed by atoms with Gasteiger partial charge in [-0.3, -0.25) is 34.6 Å². The number of carbonyl (C=O) groups is 3. The van der Waals surface area contributed by atoms with E-state index in [2.05, 4.69) is 25.1 Å². The molecule has 3 aliphatic rings. The summed E-state index contributed by atoms with van der Waals surface area (Å²) in [6, 6.07) is 2.01. The number of anilines is 1. The van der Waals surface area contributed by atoms with Gasteiger partial charge in [0.1, 0.15) is 11.9 Å². The number of piperidine rings is 1. The topological polar surface area (TPSA) is 98.7 Å². The van der Waals surface area contributed by atoms with Crippen molar-refractivity contribution in [2.75, 3.05) is 31.1 Å². The van der Waals surface area contributed by atoms with Crippen LogP contribution in [0.3, 0.4) is 0 Å². The van der Waals surface area contributed by atoms with Crippen LogP contribution in [-0.2, 0) is 22.7 Å². The molecule has 1 N–H and O–H groups in total. The maximum atomic E-state index is 14.5. The van der Waals surface area contributed by atoms with Crippen molar-refractivity contribution in [1.29, 1.82) is 0 Å². The van der Waals surface area contributed by atoms with E-state index < -0.39 is 17.8 Å². The Balaban J connectivity index is 1.32. The molecule has 0 saturated carbocycles. The number of amides is 3. The first-order valence-corrected chi connectivity index (χ1v) is 11.1. The van der Waals surface area contributed by atoms with Crippen molar-refractivity contribution in [2.24, 2.45) is 0 Å². The molecule has 0 spiro atoms. The normalized spacial score (nSPS) is 21.4. The quantitative estimate of drug-likeness (QED) is 0.692. The van der Waals surface area contributed by atoms with Gasteiger partial charge in [-0.25, -0.2) is 4.39 Å². The third kappa shape index (κ3) is 4.06. The Kier molecular flexibility index (Phi) is 5.53. The van der Waals surface area contributed by atoms with E-state index in [9.17, 15) is 18.8 Å². The van der Waals surface area contributed by atoms with Crippen LogP contribution in [0.15, 0.2) is 24.5 Å². The first kappa shape index (κ1) is 21.4. The van der Waals surface area contributed by atoms with Crippen LogP contribution in [0.25, 0.3) is 0 Å². The van der Waals surface area contributed by atoms with Crippen molar-refractivity contribution in [3.8, 4) is 0 Å². The number of nitrogens with one attached hydrogen (secondary N) is 1. The van der Waals surface area contributed by atoms with Crippen LogP contribution in [0.4, 0.5) is 10.1 Å². The lowest BCUT2D eigenvalue weighted by Crippen LogP contribution is -2.52. The number of piperazine rings is 1. The van der Waals surface area contributed by atoms with Gasteiger partial charge in [-0.05, 0) is 25.5 Å². The van der Waals surface area contributed by atoms with Gasteiger partial charge in [0.25, 0.3) is 5.91 Å². The number of halogens is 1. The van der Waals surface area contributed by atoms with E-state index in [-0.39, 0.29) is 31.2 Å². The van der Waals surface area contributed by atoms with Gasteiger partial charge in [-0.2, -0.15) is 0 Å². The molecule has 2 fully saturated rings. The summed E-state index contributed by atoms with van der Waals surface area (Å²) in [6.45, 7) is 5.79. The summed E-state index contributed by atoms with van der Waals surface area (Å²) >= 11 is 0. The van der Waals surface area contributed by atoms with Gasteiger partial charge in [-0.1, -0.05) is 0 Å². The number of aromatic nitrogens is 2. The minimum Gasteiger partial charge on any atom is -0.369 e. The van der Waals surface area contributed by atoms with E-state index >= 15 is 0 Å². The van der Waals surface area contributed by atoms with Crippen LogP contribution >= 0.6 is 0 Å². The third-order valence-corrected chi connectivity index (χ3v) is 6.67. The van der Waals surface area contributed by atoms with Crippen LogP contribution in [0.5, 0.6) is 0 Å². The molecule has 33 heavy (non-hydrogen) atoms. The lowest BCUT2D eigenvalue weighted by Gasteiger charge is -2.37. The van der Waals surface area contributed by atoms with E-state index in [0.717, 1.165) is 30.0 Å². The van der Waals surface area contributed by atoms with Gasteiger partial charge in [0.05, 0.1) is 11.4 Å². The molecule has 1 unspecified atom stereocenters. The maximum Gasteiger partial charge on any atom is 0.255 e. The second-order valence-electron chi connectivity index (χ2n) is 8.70. The Morgan fingerprint density at radius 2 is 1.85 bits per heavy atom. The third-order valence-electron chi connectivity index (χ3n) is 6.67. The van der Waals surface area contributed by atoms with Crippen molar-refractivity contribution in [1.82, 2.24) is 25.1 Å². The molecule has 9 nitrogen and oxygen atoms in total. The molecule has 1 aromatic carbocycles. The lowest BCUT2D eigenvalue weighted by molar-refractivity contribution is -0.136. The second kappa shape index (κ2) is 8.51. The van der Waals surface area contributed by atoms with Gasteiger partial charge in [-0.15, -0.1) is 0 Å². The summed E-state index contributed by atoms with van der Waals surface area (Å²) < 4.78 is 14.5. The number of nitrogens with zero attached hydrogens (tertiary/aromatic N) is 5. The Hall–Kier alpha value is -3.40. The molecule has 1 aromatic heterocycles. The van der Waals surface area contributed by atoms with E-state index in [4.69, 9.17) is 0 Å². The number of aryl methyl sites for hydroxylation is 1. The number of benzene rings is 1. The van der Waals surface area contributed by atoms with Crippen LogP contribution in [0.2, 0.25) is 0 Å². The van der Waals surface area contributed by atoms with Crippen LogP contribution in [0.1, 0.15) is 40.2 Å². The molecule has 10 heteroatoms. The van der Waals surface area contributed by atoms with E-state index in [1.165, 1.54) is 17.0 Å². The van der Waals surface area contributed by atoms with E-state index in [1.54, 1.807) is 12.4 Å². The fraction of sp³-hybridized carbons (Fsp3) is 0.435. The predicted octanol–water partition coefficient (Wildman–Crippen LogP) is 1.01. The molecule has 2 aromatic rings. The van der Waals surface area contributed by atoms with Crippen LogP contribution in [0, 0.1) is 12.7 Å². The largest absolute Gasteiger partial charge is 0.369 e. The molecule has 2 saturated heterocycles. The van der Waals surface area contributed by atoms with Gasteiger partial charge < -0.3 is 9.80 Å². The monoisotopic (exact) mass is 452 g/mol. The average molecular weight is 452 g/mol. The smallest absolute Gasteiger partial charge is 0.255 e. The fourth-order valence-corrected chi connectivity index (χ4v) is 4.84. The van der Waals surface area contributed by atoms with Crippen molar-refractivity contribution in [2.45, 2.75) is 38.9 Å². The highest BCUT2D eigenvalue weighted by molar-refractivity contribution is 6.06. The van der Waals surface area contributed by atoms with E-state index in [1.807, 2.05) is 6.92 Å². The molecule has 3 amide bonds. The molecule has 172 valence electrons. The molecule has 5 rings (SSSR count). The number of hydrogen-bond acceptors (Lipinski definition) is 7. The van der Waals surface area contributed by atoms with Crippen molar-refractivity contribution < 1.29 is 18.8 Å². The number of fused-ring (bicyclic) bond motifs is 1. The highest BCUT2D eigenvalue weighted by atomic mass is 19.1. The second-order valence-corrected chi connectivity index (χ2v) is 8.70. The summed E-state index contributed by atoms with van der Waals surface area (Å²) in [7, 11) is 0. The van der Waals surface area contributed by atoms with Crippen LogP contribution in [-0.4, -0.2) is 69.7 Å². The molecule has 1 atom stereocenters. The molecular formula is C23H25FN6O3. The number of carbonyl (C=O) groups excluding carboxylic acids is 3. The van der Waals surface area contributed by atoms with Crippen LogP contribution < -0.4 is 10.2 Å². The van der Waals surface area contributed by atoms with Gasteiger partial charge >= 0.3 is 0 Å². The predicted molar refractivity (Wildman–Crippen MR) is 117 cm³/mol. The number of imide groups is 1. The zero-order chi connectivity index (χ0) is 23.1. The first-order valence-electron chi connectivity index (χ1n) is 11.1. The molecular weight excluding hydrogens is 427 g/mol. The minimum atomic E-state index is -0.717. The summed E-state index contributed by atoms with van der Waals surface area (Å²) in [5.41, 5.74) is 3.60. The van der Waals surface area contributed by atoms with E-state index in [0.29, 0.717) is 30.9 Å². The summed E-state index contributed by atoms with van der Waals surface area (Å²) in [5.74, 6) is -1.64. The summed E-state index contributed by atoms with van der Waals surface area (Å²) in [5, 5.41) is 2.30. The Morgan fingerprint density at radius 1 is 1.09 bits per heavy atom. The number of rotatable bonds is 4. The average Bonchev–Trinajstić information content (AvgIpc) is 3.11. The standard InChI is InChI=1S/C23H25FN6O3/c1-14-18(26-5-4-25-14)13-28-6-8-29(9-7-28)20-11-15(24)10-16-17(20)12-30(23(16)33)19-2-3-21(31)27-22(19)32/h4-5,10-11,19H,2-3,6-9,12-13H2,1H3,(H,27,31,32).